The number of methoxy groups -OCH3 is 2. The van der Waals surface area contributed by atoms with Crippen molar-refractivity contribution in [2.75, 3.05) is 34.4 Å². The molecular weight excluding hydrogens is 166 g/mol. The number of ether oxygens (including phenoxy) is 2. The lowest BCUT2D eigenvalue weighted by Crippen LogP contribution is -2.35. The molecule has 0 rings (SSSR count). The molecule has 0 heterocycles. The van der Waals surface area contributed by atoms with E-state index in [2.05, 4.69) is 25.8 Å². The lowest BCUT2D eigenvalue weighted by Gasteiger charge is -2.25. The molecule has 0 saturated heterocycles. The molecule has 13 heavy (non-hydrogen) atoms. The van der Waals surface area contributed by atoms with Gasteiger partial charge in [0.15, 0.2) is 0 Å². The number of hydrogen-bond donors (Lipinski definition) is 0. The molecule has 0 aromatic heterocycles. The van der Waals surface area contributed by atoms with Gasteiger partial charge < -0.3 is 14.4 Å². The van der Waals surface area contributed by atoms with Crippen LogP contribution in [0.3, 0.4) is 0 Å². The molecular formula is C10H23NO2. The first-order valence-electron chi connectivity index (χ1n) is 4.83. The van der Waals surface area contributed by atoms with E-state index in [0.29, 0.717) is 6.04 Å². The van der Waals surface area contributed by atoms with E-state index in [1.807, 2.05) is 0 Å². The Bertz CT molecular complexity index is 117. The normalized spacial score (nSPS) is 14.1. The summed E-state index contributed by atoms with van der Waals surface area (Å²) in [5, 5.41) is 0. The Morgan fingerprint density at radius 2 is 1.85 bits per heavy atom. The summed E-state index contributed by atoms with van der Waals surface area (Å²) in [6.07, 6.45) is 1.25. The molecule has 1 unspecified atom stereocenters. The van der Waals surface area contributed by atoms with Gasteiger partial charge in [-0.05, 0) is 27.3 Å². The summed E-state index contributed by atoms with van der Waals surface area (Å²) < 4.78 is 10.4. The number of likely N-dealkylation sites (N-methyl/N-ethyl adjacent to an activating group) is 1. The van der Waals surface area contributed by atoms with Gasteiger partial charge in [-0.25, -0.2) is 0 Å². The minimum atomic E-state index is 0.285. The van der Waals surface area contributed by atoms with Crippen molar-refractivity contribution in [1.82, 2.24) is 4.90 Å². The van der Waals surface area contributed by atoms with Gasteiger partial charge in [0.05, 0.1) is 6.10 Å². The fourth-order valence-corrected chi connectivity index (χ4v) is 1.06. The summed E-state index contributed by atoms with van der Waals surface area (Å²) in [4.78, 5) is 2.28. The third-order valence-corrected chi connectivity index (χ3v) is 2.35. The van der Waals surface area contributed by atoms with E-state index >= 15 is 0 Å². The molecule has 0 radical (unpaired) electrons. The minimum Gasteiger partial charge on any atom is -0.385 e. The van der Waals surface area contributed by atoms with Crippen LogP contribution in [0.4, 0.5) is 0 Å². The number of nitrogens with zero attached hydrogens (tertiary/aromatic N) is 1. The van der Waals surface area contributed by atoms with E-state index < -0.39 is 0 Å². The van der Waals surface area contributed by atoms with Crippen molar-refractivity contribution in [2.24, 2.45) is 0 Å². The topological polar surface area (TPSA) is 21.7 Å². The number of hydrogen-bond acceptors (Lipinski definition) is 3. The Balaban J connectivity index is 3.69. The fourth-order valence-electron chi connectivity index (χ4n) is 1.06. The Morgan fingerprint density at radius 3 is 2.23 bits per heavy atom. The van der Waals surface area contributed by atoms with Crippen LogP contribution in [0.15, 0.2) is 0 Å². The molecule has 0 N–H and O–H groups in total. The van der Waals surface area contributed by atoms with Gasteiger partial charge in [-0.3, -0.25) is 0 Å². The third-order valence-electron chi connectivity index (χ3n) is 2.35. The summed E-state index contributed by atoms with van der Waals surface area (Å²) >= 11 is 0. The standard InChI is InChI=1S/C10H23NO2/c1-9(2)11(3)8-10(13-5)6-7-12-4/h9-10H,6-8H2,1-5H3. The predicted molar refractivity (Wildman–Crippen MR) is 55.1 cm³/mol. The van der Waals surface area contributed by atoms with Crippen molar-refractivity contribution < 1.29 is 9.47 Å². The largest absolute Gasteiger partial charge is 0.385 e. The zero-order chi connectivity index (χ0) is 10.3. The third kappa shape index (κ3) is 6.02. The van der Waals surface area contributed by atoms with Crippen LogP contribution in [0.1, 0.15) is 20.3 Å². The monoisotopic (exact) mass is 189 g/mol. The van der Waals surface area contributed by atoms with E-state index in [1.165, 1.54) is 0 Å². The van der Waals surface area contributed by atoms with Gasteiger partial charge in [0, 0.05) is 33.4 Å². The van der Waals surface area contributed by atoms with Gasteiger partial charge in [0.25, 0.3) is 0 Å². The molecule has 0 saturated carbocycles. The van der Waals surface area contributed by atoms with E-state index in [-0.39, 0.29) is 6.10 Å². The molecule has 0 aliphatic rings. The van der Waals surface area contributed by atoms with Crippen molar-refractivity contribution in [2.45, 2.75) is 32.4 Å². The van der Waals surface area contributed by atoms with Crippen molar-refractivity contribution in [3.63, 3.8) is 0 Å². The average Bonchev–Trinajstić information content (AvgIpc) is 2.11. The first kappa shape index (κ1) is 12.9. The Hall–Kier alpha value is -0.120. The fraction of sp³-hybridized carbons (Fsp3) is 1.00. The molecule has 0 aliphatic carbocycles. The lowest BCUT2D eigenvalue weighted by molar-refractivity contribution is 0.0379. The van der Waals surface area contributed by atoms with Crippen LogP contribution in [0.5, 0.6) is 0 Å². The highest BCUT2D eigenvalue weighted by Gasteiger charge is 2.12. The Kier molecular flexibility index (Phi) is 7.23. The molecule has 0 bridgehead atoms. The predicted octanol–water partition coefficient (Wildman–Crippen LogP) is 1.38. The second-order valence-electron chi connectivity index (χ2n) is 3.67. The van der Waals surface area contributed by atoms with Crippen molar-refractivity contribution in [3.8, 4) is 0 Å². The first-order chi connectivity index (χ1) is 6.11. The summed E-state index contributed by atoms with van der Waals surface area (Å²) in [6.45, 7) is 6.11. The smallest absolute Gasteiger partial charge is 0.0720 e. The van der Waals surface area contributed by atoms with Crippen LogP contribution in [0, 0.1) is 0 Å². The molecule has 0 fully saturated rings. The summed E-state index contributed by atoms with van der Waals surface area (Å²) in [5.74, 6) is 0. The van der Waals surface area contributed by atoms with Gasteiger partial charge in [-0.1, -0.05) is 0 Å². The minimum absolute atomic E-state index is 0.285. The first-order valence-corrected chi connectivity index (χ1v) is 4.83. The number of rotatable bonds is 7. The molecule has 0 amide bonds. The van der Waals surface area contributed by atoms with E-state index in [1.54, 1.807) is 14.2 Å². The van der Waals surface area contributed by atoms with Crippen LogP contribution in [-0.2, 0) is 9.47 Å². The highest BCUT2D eigenvalue weighted by Crippen LogP contribution is 2.02. The Labute approximate surface area is 82.0 Å². The SMILES string of the molecule is COCCC(CN(C)C(C)C)OC. The molecule has 1 atom stereocenters. The summed E-state index contributed by atoms with van der Waals surface area (Å²) in [7, 11) is 5.59. The summed E-state index contributed by atoms with van der Waals surface area (Å²) in [6, 6.07) is 0.570. The lowest BCUT2D eigenvalue weighted by atomic mass is 10.2. The van der Waals surface area contributed by atoms with Crippen LogP contribution < -0.4 is 0 Å². The Morgan fingerprint density at radius 1 is 1.23 bits per heavy atom. The van der Waals surface area contributed by atoms with E-state index in [9.17, 15) is 0 Å². The van der Waals surface area contributed by atoms with Crippen LogP contribution >= 0.6 is 0 Å². The second kappa shape index (κ2) is 7.30. The van der Waals surface area contributed by atoms with Gasteiger partial charge in [-0.15, -0.1) is 0 Å². The zero-order valence-corrected chi connectivity index (χ0v) is 9.54. The molecule has 3 nitrogen and oxygen atoms in total. The van der Waals surface area contributed by atoms with Gasteiger partial charge in [-0.2, -0.15) is 0 Å². The van der Waals surface area contributed by atoms with Gasteiger partial charge in [0.1, 0.15) is 0 Å². The van der Waals surface area contributed by atoms with Crippen LogP contribution in [0.2, 0.25) is 0 Å². The van der Waals surface area contributed by atoms with Gasteiger partial charge in [0.2, 0.25) is 0 Å². The maximum absolute atomic E-state index is 5.35. The summed E-state index contributed by atoms with van der Waals surface area (Å²) in [5.41, 5.74) is 0. The molecule has 0 aliphatic heterocycles. The van der Waals surface area contributed by atoms with Crippen LogP contribution in [0.25, 0.3) is 0 Å². The quantitative estimate of drug-likeness (QED) is 0.604. The molecule has 80 valence electrons. The average molecular weight is 189 g/mol. The second-order valence-corrected chi connectivity index (χ2v) is 3.67. The molecule has 0 aromatic carbocycles. The van der Waals surface area contributed by atoms with Gasteiger partial charge >= 0.3 is 0 Å². The van der Waals surface area contributed by atoms with Crippen molar-refractivity contribution in [1.29, 1.82) is 0 Å². The maximum Gasteiger partial charge on any atom is 0.0720 e. The highest BCUT2D eigenvalue weighted by atomic mass is 16.5. The van der Waals surface area contributed by atoms with Crippen LogP contribution in [-0.4, -0.2) is 51.5 Å². The zero-order valence-electron chi connectivity index (χ0n) is 9.54. The van der Waals surface area contributed by atoms with E-state index in [0.717, 1.165) is 19.6 Å². The highest BCUT2D eigenvalue weighted by molar-refractivity contribution is 4.65. The molecule has 0 spiro atoms. The maximum atomic E-state index is 5.35. The van der Waals surface area contributed by atoms with E-state index in [4.69, 9.17) is 9.47 Å². The molecule has 3 heteroatoms. The van der Waals surface area contributed by atoms with Crippen molar-refractivity contribution in [3.05, 3.63) is 0 Å². The molecule has 0 aromatic rings. The van der Waals surface area contributed by atoms with Crippen molar-refractivity contribution >= 4 is 0 Å².